The Morgan fingerprint density at radius 2 is 2.11 bits per heavy atom. The maximum atomic E-state index is 4.53. The maximum absolute atomic E-state index is 4.53. The number of benzene rings is 1. The predicted octanol–water partition coefficient (Wildman–Crippen LogP) is 1.99. The summed E-state index contributed by atoms with van der Waals surface area (Å²) < 4.78 is 0. The highest BCUT2D eigenvalue weighted by molar-refractivity contribution is 5.77. The van der Waals surface area contributed by atoms with E-state index in [1.54, 1.807) is 18.6 Å². The lowest BCUT2D eigenvalue weighted by molar-refractivity contribution is 0.846. The summed E-state index contributed by atoms with van der Waals surface area (Å²) >= 11 is 0. The highest BCUT2D eigenvalue weighted by Crippen LogP contribution is 2.16. The Balaban J connectivity index is 1.86. The van der Waals surface area contributed by atoms with Crippen LogP contribution in [0.1, 0.15) is 5.69 Å². The van der Waals surface area contributed by atoms with Gasteiger partial charge in [-0.25, -0.2) is 4.98 Å². The van der Waals surface area contributed by atoms with Crippen LogP contribution in [-0.4, -0.2) is 27.0 Å². The molecule has 0 radical (unpaired) electrons. The quantitative estimate of drug-likeness (QED) is 0.759. The zero-order valence-electron chi connectivity index (χ0n) is 10.0. The van der Waals surface area contributed by atoms with Gasteiger partial charge in [-0.05, 0) is 12.1 Å². The molecule has 5 nitrogen and oxygen atoms in total. The van der Waals surface area contributed by atoms with E-state index in [0.29, 0.717) is 6.54 Å². The number of nitrogens with one attached hydrogen (secondary N) is 1. The second-order valence-corrected chi connectivity index (χ2v) is 4.13. The molecule has 0 atom stereocenters. The van der Waals surface area contributed by atoms with Gasteiger partial charge in [-0.3, -0.25) is 9.97 Å². The van der Waals surface area contributed by atoms with E-state index in [4.69, 9.17) is 0 Å². The molecule has 90 valence electrons. The number of aromatic nitrogens is 4. The summed E-state index contributed by atoms with van der Waals surface area (Å²) in [5.74, 6) is 0.835. The van der Waals surface area contributed by atoms with E-state index in [2.05, 4.69) is 19.9 Å². The van der Waals surface area contributed by atoms with Gasteiger partial charge in [0.1, 0.15) is 0 Å². The molecular weight excluding hydrogens is 226 g/mol. The highest BCUT2D eigenvalue weighted by Gasteiger charge is 2.08. The smallest absolute Gasteiger partial charge is 0.203 e. The van der Waals surface area contributed by atoms with Gasteiger partial charge in [0.2, 0.25) is 5.95 Å². The topological polar surface area (TPSA) is 57.7 Å². The monoisotopic (exact) mass is 239 g/mol. The lowest BCUT2D eigenvalue weighted by atomic mass is 10.3. The maximum Gasteiger partial charge on any atom is 0.203 e. The molecule has 0 saturated carbocycles. The molecule has 18 heavy (non-hydrogen) atoms. The number of aromatic amines is 1. The molecule has 0 unspecified atom stereocenters. The molecule has 1 aromatic carbocycles. The third-order valence-electron chi connectivity index (χ3n) is 2.75. The summed E-state index contributed by atoms with van der Waals surface area (Å²) in [5, 5.41) is 0. The molecule has 1 N–H and O–H groups in total. The van der Waals surface area contributed by atoms with Crippen LogP contribution in [0, 0.1) is 0 Å². The van der Waals surface area contributed by atoms with Gasteiger partial charge in [-0.15, -0.1) is 0 Å². The van der Waals surface area contributed by atoms with E-state index in [9.17, 15) is 0 Å². The number of fused-ring (bicyclic) bond motifs is 1. The third-order valence-corrected chi connectivity index (χ3v) is 2.75. The summed E-state index contributed by atoms with van der Waals surface area (Å²) in [6, 6.07) is 7.98. The predicted molar refractivity (Wildman–Crippen MR) is 70.2 cm³/mol. The van der Waals surface area contributed by atoms with Gasteiger partial charge in [-0.2, -0.15) is 0 Å². The molecule has 0 aliphatic carbocycles. The van der Waals surface area contributed by atoms with Gasteiger partial charge in [0.05, 0.1) is 29.5 Å². The number of H-pyrrole nitrogens is 1. The first kappa shape index (κ1) is 10.7. The molecule has 2 heterocycles. The second kappa shape index (κ2) is 4.44. The van der Waals surface area contributed by atoms with Crippen LogP contribution in [0.4, 0.5) is 5.95 Å². The van der Waals surface area contributed by atoms with Gasteiger partial charge < -0.3 is 9.88 Å². The second-order valence-electron chi connectivity index (χ2n) is 4.13. The lowest BCUT2D eigenvalue weighted by Crippen LogP contribution is -2.18. The largest absolute Gasteiger partial charge is 0.339 e. The van der Waals surface area contributed by atoms with Crippen molar-refractivity contribution in [3.8, 4) is 0 Å². The van der Waals surface area contributed by atoms with E-state index in [1.165, 1.54) is 0 Å². The number of imidazole rings is 1. The van der Waals surface area contributed by atoms with Crippen LogP contribution in [0.25, 0.3) is 11.0 Å². The number of rotatable bonds is 3. The Bertz CT molecular complexity index is 614. The summed E-state index contributed by atoms with van der Waals surface area (Å²) in [6.45, 7) is 0.674. The molecule has 0 amide bonds. The molecular formula is C13H13N5. The van der Waals surface area contributed by atoms with Crippen molar-refractivity contribution in [1.82, 2.24) is 19.9 Å². The fraction of sp³-hybridized carbons (Fsp3) is 0.154. The summed E-state index contributed by atoms with van der Waals surface area (Å²) in [6.07, 6.45) is 5.13. The molecule has 0 aliphatic rings. The summed E-state index contributed by atoms with van der Waals surface area (Å²) in [4.78, 5) is 18.1. The van der Waals surface area contributed by atoms with Gasteiger partial charge in [0.25, 0.3) is 0 Å². The molecule has 0 saturated heterocycles. The van der Waals surface area contributed by atoms with Crippen LogP contribution in [-0.2, 0) is 6.54 Å². The van der Waals surface area contributed by atoms with Crippen molar-refractivity contribution in [3.05, 3.63) is 48.5 Å². The van der Waals surface area contributed by atoms with Crippen molar-refractivity contribution in [2.45, 2.75) is 6.54 Å². The number of hydrogen-bond acceptors (Lipinski definition) is 4. The normalized spacial score (nSPS) is 10.7. The van der Waals surface area contributed by atoms with E-state index >= 15 is 0 Å². The molecule has 0 fully saturated rings. The molecule has 3 aromatic rings. The lowest BCUT2D eigenvalue weighted by Gasteiger charge is -2.14. The van der Waals surface area contributed by atoms with Crippen molar-refractivity contribution in [2.24, 2.45) is 0 Å². The summed E-state index contributed by atoms with van der Waals surface area (Å²) in [7, 11) is 1.98. The van der Waals surface area contributed by atoms with E-state index < -0.39 is 0 Å². The Kier molecular flexibility index (Phi) is 2.64. The molecule has 0 spiro atoms. The molecule has 3 rings (SSSR count). The SMILES string of the molecule is CN(Cc1cnccn1)c1nc2ccccc2[nH]1. The minimum absolute atomic E-state index is 0.674. The Hall–Kier alpha value is -2.43. The molecule has 5 heteroatoms. The minimum Gasteiger partial charge on any atom is -0.339 e. The zero-order chi connectivity index (χ0) is 12.4. The number of hydrogen-bond donors (Lipinski definition) is 1. The number of anilines is 1. The van der Waals surface area contributed by atoms with Gasteiger partial charge in [0, 0.05) is 19.4 Å². The van der Waals surface area contributed by atoms with Crippen molar-refractivity contribution >= 4 is 17.0 Å². The van der Waals surface area contributed by atoms with Crippen LogP contribution in [0.3, 0.4) is 0 Å². The zero-order valence-corrected chi connectivity index (χ0v) is 10.0. The Morgan fingerprint density at radius 1 is 1.22 bits per heavy atom. The minimum atomic E-state index is 0.674. The van der Waals surface area contributed by atoms with Crippen molar-refractivity contribution in [1.29, 1.82) is 0 Å². The van der Waals surface area contributed by atoms with Crippen LogP contribution in [0.2, 0.25) is 0 Å². The average molecular weight is 239 g/mol. The van der Waals surface area contributed by atoms with Gasteiger partial charge in [0.15, 0.2) is 0 Å². The highest BCUT2D eigenvalue weighted by atomic mass is 15.2. The van der Waals surface area contributed by atoms with Crippen molar-refractivity contribution in [2.75, 3.05) is 11.9 Å². The average Bonchev–Trinajstić information content (AvgIpc) is 2.84. The fourth-order valence-electron chi connectivity index (χ4n) is 1.85. The summed E-state index contributed by atoms with van der Waals surface area (Å²) in [5.41, 5.74) is 2.93. The first-order valence-corrected chi connectivity index (χ1v) is 5.74. The Labute approximate surface area is 105 Å². The van der Waals surface area contributed by atoms with Crippen molar-refractivity contribution in [3.63, 3.8) is 0 Å². The first-order valence-electron chi connectivity index (χ1n) is 5.74. The van der Waals surface area contributed by atoms with Gasteiger partial charge >= 0.3 is 0 Å². The van der Waals surface area contributed by atoms with Crippen LogP contribution in [0.5, 0.6) is 0 Å². The first-order chi connectivity index (χ1) is 8.83. The standard InChI is InChI=1S/C13H13N5/c1-18(9-10-8-14-6-7-15-10)13-16-11-4-2-3-5-12(11)17-13/h2-8H,9H2,1H3,(H,16,17). The van der Waals surface area contributed by atoms with Gasteiger partial charge in [-0.1, -0.05) is 12.1 Å². The third kappa shape index (κ3) is 2.02. The van der Waals surface area contributed by atoms with Crippen molar-refractivity contribution < 1.29 is 0 Å². The van der Waals surface area contributed by atoms with Crippen LogP contribution >= 0.6 is 0 Å². The molecule has 2 aromatic heterocycles. The van der Waals surface area contributed by atoms with E-state index in [1.807, 2.05) is 36.2 Å². The fourth-order valence-corrected chi connectivity index (χ4v) is 1.85. The molecule has 0 bridgehead atoms. The molecule has 0 aliphatic heterocycles. The number of para-hydroxylation sites is 2. The Morgan fingerprint density at radius 3 is 2.89 bits per heavy atom. The number of nitrogens with zero attached hydrogens (tertiary/aromatic N) is 4. The van der Waals surface area contributed by atoms with E-state index in [-0.39, 0.29) is 0 Å². The van der Waals surface area contributed by atoms with Crippen LogP contribution in [0.15, 0.2) is 42.9 Å². The van der Waals surface area contributed by atoms with E-state index in [0.717, 1.165) is 22.7 Å². The van der Waals surface area contributed by atoms with Crippen LogP contribution < -0.4 is 4.90 Å².